The van der Waals surface area contributed by atoms with Crippen molar-refractivity contribution in [2.24, 2.45) is 0 Å². The van der Waals surface area contributed by atoms with Gasteiger partial charge in [-0.25, -0.2) is 4.79 Å². The lowest BCUT2D eigenvalue weighted by Crippen LogP contribution is -1.97. The van der Waals surface area contributed by atoms with Gasteiger partial charge in [0.25, 0.3) is 7.12 Å². The second-order valence-corrected chi connectivity index (χ2v) is 2.09. The van der Waals surface area contributed by atoms with Gasteiger partial charge in [0.2, 0.25) is 0 Å². The average Bonchev–Trinajstić information content (AvgIpc) is 2.17. The normalized spacial score (nSPS) is 10.2. The number of hydrogen-bond acceptors (Lipinski definition) is 4. The molecule has 1 rings (SSSR count). The van der Waals surface area contributed by atoms with Gasteiger partial charge in [-0.15, -0.1) is 0 Å². The Labute approximate surface area is 68.9 Å². The molecule has 0 amide bonds. The lowest BCUT2D eigenvalue weighted by atomic mass is 10.2. The molecule has 1 aromatic rings. The van der Waals surface area contributed by atoms with Crippen LogP contribution >= 0.6 is 0 Å². The van der Waals surface area contributed by atoms with Crippen LogP contribution in [-0.2, 0) is 0 Å². The lowest BCUT2D eigenvalue weighted by molar-refractivity contribution is -0.384. The van der Waals surface area contributed by atoms with Gasteiger partial charge in [0.05, 0.1) is 10.5 Å². The topological polar surface area (TPSA) is 80.4 Å². The Morgan fingerprint density at radius 2 is 2.42 bits per heavy atom. The van der Waals surface area contributed by atoms with Gasteiger partial charge in [0, 0.05) is 12.1 Å². The Balaban J connectivity index is 3.05. The lowest BCUT2D eigenvalue weighted by Gasteiger charge is -1.92. The van der Waals surface area contributed by atoms with Crippen LogP contribution in [0.15, 0.2) is 24.3 Å². The van der Waals surface area contributed by atoms with Crippen LogP contribution in [0.2, 0.25) is 0 Å². The summed E-state index contributed by atoms with van der Waals surface area (Å²) in [6.07, 6.45) is 0. The molecule has 0 aromatic heterocycles. The number of carboxylic acids is 1. The van der Waals surface area contributed by atoms with E-state index in [9.17, 15) is 14.9 Å². The van der Waals surface area contributed by atoms with Gasteiger partial charge in [-0.3, -0.25) is 10.1 Å². The number of non-ortho nitro benzene ring substituents is 1. The fourth-order valence-electron chi connectivity index (χ4n) is 0.746. The van der Waals surface area contributed by atoms with Crippen molar-refractivity contribution in [3.63, 3.8) is 0 Å². The first-order valence-electron chi connectivity index (χ1n) is 3.48. The molecule has 0 aliphatic rings. The van der Waals surface area contributed by atoms with E-state index in [1.165, 1.54) is 18.2 Å². The van der Waals surface area contributed by atoms with E-state index in [2.05, 4.69) is 5.11 Å². The molecular weight excluding hydrogens is 162 g/mol. The van der Waals surface area contributed by atoms with Gasteiger partial charge >= 0.3 is 5.97 Å². The quantitative estimate of drug-likeness (QED) is 0.533. The standard InChI is InChI=1S/C7H5NO4/c9-7(10)5-2-1-3-6(4-5)8(11)12/h1-4H,(H,9,10)/i/hD. The van der Waals surface area contributed by atoms with Crippen molar-refractivity contribution in [3.8, 4) is 0 Å². The largest absolute Gasteiger partial charge is 0.478 e. The first-order chi connectivity index (χ1) is 6.15. The van der Waals surface area contributed by atoms with Crippen LogP contribution in [0, 0.1) is 10.1 Å². The molecule has 0 atom stereocenters. The van der Waals surface area contributed by atoms with Crippen LogP contribution in [-0.4, -0.2) is 16.0 Å². The summed E-state index contributed by atoms with van der Waals surface area (Å²) in [5.41, 5.74) is -0.216. The highest BCUT2D eigenvalue weighted by Gasteiger charge is 2.08. The summed E-state index contributed by atoms with van der Waals surface area (Å²) >= 11 is 0. The van der Waals surface area contributed by atoms with Crippen molar-refractivity contribution in [2.75, 3.05) is 0 Å². The van der Waals surface area contributed by atoms with E-state index in [0.29, 0.717) is 0 Å². The predicted molar refractivity (Wildman–Crippen MR) is 40.1 cm³/mol. The summed E-state index contributed by atoms with van der Waals surface area (Å²) < 4.78 is 6.30. The van der Waals surface area contributed by atoms with Crippen molar-refractivity contribution in [3.05, 3.63) is 39.9 Å². The van der Waals surface area contributed by atoms with Gasteiger partial charge in [-0.05, 0) is 6.07 Å². The maximum atomic E-state index is 10.8. The average molecular weight is 168 g/mol. The highest BCUT2D eigenvalue weighted by atomic mass is 16.6. The highest BCUT2D eigenvalue weighted by molar-refractivity contribution is 5.88. The molecule has 1 aromatic carbocycles. The van der Waals surface area contributed by atoms with E-state index < -0.39 is 10.9 Å². The van der Waals surface area contributed by atoms with Gasteiger partial charge < -0.3 is 5.11 Å². The van der Waals surface area contributed by atoms with E-state index in [-0.39, 0.29) is 11.3 Å². The van der Waals surface area contributed by atoms with Gasteiger partial charge in [0.1, 0.15) is 0 Å². The zero-order valence-electron chi connectivity index (χ0n) is 6.89. The number of benzene rings is 1. The van der Waals surface area contributed by atoms with Crippen LogP contribution in [0.3, 0.4) is 0 Å². The molecule has 5 nitrogen and oxygen atoms in total. The second kappa shape index (κ2) is 3.00. The number of nitro groups is 1. The molecule has 0 radical (unpaired) electrons. The fraction of sp³-hybridized carbons (Fsp3) is 0. The third kappa shape index (κ3) is 1.57. The van der Waals surface area contributed by atoms with Crippen molar-refractivity contribution < 1.29 is 14.8 Å². The molecule has 0 saturated heterocycles. The number of aromatic carboxylic acids is 1. The summed E-state index contributed by atoms with van der Waals surface area (Å²) in [6, 6.07) is 4.99. The molecule has 0 spiro atoms. The van der Waals surface area contributed by atoms with Crippen LogP contribution in [0.1, 0.15) is 10.4 Å². The van der Waals surface area contributed by atoms with Crippen LogP contribution in [0.25, 0.3) is 1.43 Å². The maximum Gasteiger partial charge on any atom is 0.335 e. The third-order valence-corrected chi connectivity index (χ3v) is 1.29. The zero-order valence-corrected chi connectivity index (χ0v) is 5.89. The van der Waals surface area contributed by atoms with Crippen molar-refractivity contribution in [1.82, 2.24) is 0 Å². The number of carbonyl (C=O) groups is 1. The molecular formula is C7H5NO4. The monoisotopic (exact) mass is 168 g/mol. The van der Waals surface area contributed by atoms with Crippen molar-refractivity contribution in [1.29, 1.82) is 1.43 Å². The van der Waals surface area contributed by atoms with E-state index in [1.54, 1.807) is 0 Å². The van der Waals surface area contributed by atoms with E-state index in [4.69, 9.17) is 1.43 Å². The highest BCUT2D eigenvalue weighted by Crippen LogP contribution is 2.12. The zero-order chi connectivity index (χ0) is 9.84. The summed E-state index contributed by atoms with van der Waals surface area (Å²) in [5.74, 6) is -0.913. The van der Waals surface area contributed by atoms with Crippen molar-refractivity contribution >= 4 is 11.7 Å². The molecule has 0 fully saturated rings. The Bertz CT molecular complexity index is 352. The number of hydrogen-bond donors (Lipinski definition) is 1. The van der Waals surface area contributed by atoms with Gasteiger partial charge in [-0.2, -0.15) is 0 Å². The maximum absolute atomic E-state index is 10.8. The molecule has 0 unspecified atom stereocenters. The molecule has 0 heterocycles. The minimum absolute atomic E-state index is 0.01000. The van der Waals surface area contributed by atoms with E-state index in [1.807, 2.05) is 0 Å². The summed E-state index contributed by atoms with van der Waals surface area (Å²) in [7, 11) is 0. The van der Waals surface area contributed by atoms with Crippen molar-refractivity contribution in [2.45, 2.75) is 0 Å². The summed E-state index contributed by atoms with van der Waals surface area (Å²) in [4.78, 5) is 20.4. The second-order valence-electron chi connectivity index (χ2n) is 2.09. The Morgan fingerprint density at radius 3 is 3.00 bits per heavy atom. The van der Waals surface area contributed by atoms with Crippen LogP contribution < -0.4 is 0 Å². The predicted octanol–water partition coefficient (Wildman–Crippen LogP) is 1.29. The summed E-state index contributed by atoms with van der Waals surface area (Å²) in [6.45, 7) is 0. The summed E-state index contributed by atoms with van der Waals surface area (Å²) in [5, 5.41) is 13.9. The molecule has 0 aliphatic heterocycles. The van der Waals surface area contributed by atoms with E-state index >= 15 is 0 Å². The number of nitrogens with zero attached hydrogens (tertiary/aromatic N) is 1. The Kier molecular flexibility index (Phi) is 1.69. The van der Waals surface area contributed by atoms with Gasteiger partial charge in [0.15, 0.2) is 0 Å². The number of carboxylic acid groups (broad SMARTS) is 1. The smallest absolute Gasteiger partial charge is 0.335 e. The minimum Gasteiger partial charge on any atom is -0.478 e. The third-order valence-electron chi connectivity index (χ3n) is 1.29. The number of rotatable bonds is 2. The fourth-order valence-corrected chi connectivity index (χ4v) is 0.746. The van der Waals surface area contributed by atoms with E-state index in [0.717, 1.165) is 6.07 Å². The minimum atomic E-state index is -0.913. The molecule has 0 saturated carbocycles. The van der Waals surface area contributed by atoms with Crippen LogP contribution in [0.5, 0.6) is 0 Å². The molecule has 62 valence electrons. The molecule has 0 aliphatic carbocycles. The Morgan fingerprint density at radius 1 is 1.67 bits per heavy atom. The molecule has 5 heteroatoms. The SMILES string of the molecule is [2H]OC(=O)c1cccc([N+](=O)[O-])c1. The first kappa shape index (κ1) is 6.78. The molecule has 0 bridgehead atoms. The Hall–Kier alpha value is -1.91. The van der Waals surface area contributed by atoms with Crippen LogP contribution in [0.4, 0.5) is 5.69 Å². The number of nitro benzene ring substituents is 1. The molecule has 12 heavy (non-hydrogen) atoms. The first-order valence-corrected chi connectivity index (χ1v) is 3.07. The molecule has 1 N–H and O–H groups in total. The van der Waals surface area contributed by atoms with Gasteiger partial charge in [-0.1, -0.05) is 6.07 Å².